The highest BCUT2D eigenvalue weighted by Gasteiger charge is 2.38. The number of nitrogens with zero attached hydrogens (tertiary/aromatic N) is 1. The van der Waals surface area contributed by atoms with E-state index < -0.39 is 17.7 Å². The van der Waals surface area contributed by atoms with Crippen LogP contribution in [0.25, 0.3) is 0 Å². The second-order valence-electron chi connectivity index (χ2n) is 5.60. The standard InChI is InChI=1S/C17H22N2O4/c1-5-19(6-2)13-9-7-12(8-10-13)18-11-14-15(20)22-17(3,4)23-16(14)21/h7-11,18H,5-6H2,1-4H3. The Morgan fingerprint density at radius 3 is 2.04 bits per heavy atom. The summed E-state index contributed by atoms with van der Waals surface area (Å²) < 4.78 is 10.1. The molecule has 0 spiro atoms. The van der Waals surface area contributed by atoms with Crippen LogP contribution in [-0.4, -0.2) is 30.8 Å². The molecule has 1 N–H and O–H groups in total. The van der Waals surface area contributed by atoms with Crippen molar-refractivity contribution in [1.82, 2.24) is 0 Å². The van der Waals surface area contributed by atoms with Gasteiger partial charge >= 0.3 is 11.9 Å². The number of hydrogen-bond acceptors (Lipinski definition) is 6. The largest absolute Gasteiger partial charge is 0.419 e. The first-order chi connectivity index (χ1) is 10.9. The Morgan fingerprint density at radius 1 is 1.04 bits per heavy atom. The molecule has 1 aromatic carbocycles. The van der Waals surface area contributed by atoms with Gasteiger partial charge in [0.15, 0.2) is 5.57 Å². The highest BCUT2D eigenvalue weighted by molar-refractivity contribution is 6.15. The number of carbonyl (C=O) groups excluding carboxylic acids is 2. The van der Waals surface area contributed by atoms with Gasteiger partial charge in [0.05, 0.1) is 0 Å². The van der Waals surface area contributed by atoms with Crippen LogP contribution in [0.15, 0.2) is 36.0 Å². The van der Waals surface area contributed by atoms with Crippen LogP contribution in [0.5, 0.6) is 0 Å². The van der Waals surface area contributed by atoms with Gasteiger partial charge in [-0.1, -0.05) is 0 Å². The zero-order valence-corrected chi connectivity index (χ0v) is 13.9. The van der Waals surface area contributed by atoms with Crippen molar-refractivity contribution in [3.8, 4) is 0 Å². The number of esters is 2. The van der Waals surface area contributed by atoms with E-state index >= 15 is 0 Å². The van der Waals surface area contributed by atoms with Gasteiger partial charge in [0.25, 0.3) is 5.79 Å². The van der Waals surface area contributed by atoms with E-state index in [0.717, 1.165) is 24.5 Å². The van der Waals surface area contributed by atoms with Crippen LogP contribution in [0.3, 0.4) is 0 Å². The van der Waals surface area contributed by atoms with Gasteiger partial charge in [0.2, 0.25) is 0 Å². The third kappa shape index (κ3) is 4.03. The van der Waals surface area contributed by atoms with E-state index in [2.05, 4.69) is 24.1 Å². The summed E-state index contributed by atoms with van der Waals surface area (Å²) in [7, 11) is 0. The number of anilines is 2. The average molecular weight is 318 g/mol. The molecule has 0 aliphatic carbocycles. The summed E-state index contributed by atoms with van der Waals surface area (Å²) in [6.07, 6.45) is 1.31. The smallest absolute Gasteiger partial charge is 0.350 e. The molecule has 1 aromatic rings. The van der Waals surface area contributed by atoms with Crippen molar-refractivity contribution in [3.63, 3.8) is 0 Å². The van der Waals surface area contributed by atoms with E-state index in [1.807, 2.05) is 24.3 Å². The number of benzene rings is 1. The molecule has 6 heteroatoms. The first-order valence-corrected chi connectivity index (χ1v) is 7.64. The number of carbonyl (C=O) groups is 2. The Labute approximate surface area is 136 Å². The Hall–Kier alpha value is -2.50. The zero-order valence-electron chi connectivity index (χ0n) is 13.9. The molecule has 1 aliphatic rings. The minimum atomic E-state index is -1.23. The van der Waals surface area contributed by atoms with Crippen LogP contribution in [0.4, 0.5) is 11.4 Å². The minimum absolute atomic E-state index is 0.155. The molecular formula is C17H22N2O4. The van der Waals surface area contributed by atoms with Crippen LogP contribution < -0.4 is 10.2 Å². The Kier molecular flexibility index (Phi) is 4.93. The molecule has 0 atom stereocenters. The Balaban J connectivity index is 2.08. The quantitative estimate of drug-likeness (QED) is 0.511. The minimum Gasteiger partial charge on any atom is -0.419 e. The molecule has 1 saturated heterocycles. The first-order valence-electron chi connectivity index (χ1n) is 7.64. The average Bonchev–Trinajstić information content (AvgIpc) is 2.48. The van der Waals surface area contributed by atoms with Crippen molar-refractivity contribution >= 4 is 23.3 Å². The van der Waals surface area contributed by atoms with Crippen molar-refractivity contribution in [1.29, 1.82) is 0 Å². The summed E-state index contributed by atoms with van der Waals surface area (Å²) in [4.78, 5) is 25.9. The predicted octanol–water partition coefficient (Wildman–Crippen LogP) is 2.66. The lowest BCUT2D eigenvalue weighted by Gasteiger charge is -2.29. The summed E-state index contributed by atoms with van der Waals surface area (Å²) in [5, 5.41) is 2.92. The van der Waals surface area contributed by atoms with Gasteiger partial charge in [-0.05, 0) is 38.1 Å². The van der Waals surface area contributed by atoms with Gasteiger partial charge in [-0.25, -0.2) is 9.59 Å². The molecule has 0 amide bonds. The maximum Gasteiger partial charge on any atom is 0.350 e. The summed E-state index contributed by atoms with van der Waals surface area (Å²) in [6.45, 7) is 9.09. The number of rotatable bonds is 5. The number of nitrogens with one attached hydrogen (secondary N) is 1. The number of cyclic esters (lactones) is 2. The fraction of sp³-hybridized carbons (Fsp3) is 0.412. The van der Waals surface area contributed by atoms with Crippen LogP contribution in [0.1, 0.15) is 27.7 Å². The zero-order chi connectivity index (χ0) is 17.0. The molecule has 0 bridgehead atoms. The third-order valence-electron chi connectivity index (χ3n) is 3.50. The van der Waals surface area contributed by atoms with Gasteiger partial charge in [-0.15, -0.1) is 0 Å². The lowest BCUT2D eigenvalue weighted by Crippen LogP contribution is -2.42. The van der Waals surface area contributed by atoms with Gasteiger partial charge in [-0.3, -0.25) is 0 Å². The normalized spacial score (nSPS) is 16.4. The summed E-state index contributed by atoms with van der Waals surface area (Å²) in [5.74, 6) is -2.62. The molecule has 6 nitrogen and oxygen atoms in total. The fourth-order valence-electron chi connectivity index (χ4n) is 2.29. The topological polar surface area (TPSA) is 67.9 Å². The van der Waals surface area contributed by atoms with Crippen molar-refractivity contribution in [2.24, 2.45) is 0 Å². The highest BCUT2D eigenvalue weighted by atomic mass is 16.7. The van der Waals surface area contributed by atoms with Gasteiger partial charge in [0, 0.05) is 44.5 Å². The molecule has 1 heterocycles. The summed E-state index contributed by atoms with van der Waals surface area (Å²) in [6, 6.07) is 7.73. The second kappa shape index (κ2) is 6.73. The van der Waals surface area contributed by atoms with E-state index in [9.17, 15) is 9.59 Å². The molecule has 0 aromatic heterocycles. The number of ether oxygens (including phenoxy) is 2. The monoisotopic (exact) mass is 318 g/mol. The van der Waals surface area contributed by atoms with Gasteiger partial charge < -0.3 is 19.7 Å². The molecule has 0 radical (unpaired) electrons. The molecular weight excluding hydrogens is 296 g/mol. The van der Waals surface area contributed by atoms with E-state index in [0.29, 0.717) is 0 Å². The second-order valence-corrected chi connectivity index (χ2v) is 5.60. The van der Waals surface area contributed by atoms with E-state index in [1.165, 1.54) is 20.0 Å². The van der Waals surface area contributed by atoms with E-state index in [-0.39, 0.29) is 5.57 Å². The van der Waals surface area contributed by atoms with E-state index in [4.69, 9.17) is 9.47 Å². The van der Waals surface area contributed by atoms with Crippen molar-refractivity contribution in [2.75, 3.05) is 23.3 Å². The lowest BCUT2D eigenvalue weighted by molar-refractivity contribution is -0.222. The van der Waals surface area contributed by atoms with Crippen molar-refractivity contribution in [2.45, 2.75) is 33.5 Å². The molecule has 23 heavy (non-hydrogen) atoms. The summed E-state index contributed by atoms with van der Waals surface area (Å²) in [5.41, 5.74) is 1.72. The van der Waals surface area contributed by atoms with Crippen LogP contribution in [0.2, 0.25) is 0 Å². The molecule has 1 fully saturated rings. The van der Waals surface area contributed by atoms with Crippen LogP contribution >= 0.6 is 0 Å². The third-order valence-corrected chi connectivity index (χ3v) is 3.50. The van der Waals surface area contributed by atoms with Crippen LogP contribution in [-0.2, 0) is 19.1 Å². The lowest BCUT2D eigenvalue weighted by atomic mass is 10.2. The maximum atomic E-state index is 11.8. The maximum absolute atomic E-state index is 11.8. The van der Waals surface area contributed by atoms with Gasteiger partial charge in [0.1, 0.15) is 0 Å². The van der Waals surface area contributed by atoms with Crippen molar-refractivity contribution in [3.05, 3.63) is 36.0 Å². The Morgan fingerprint density at radius 2 is 1.57 bits per heavy atom. The highest BCUT2D eigenvalue weighted by Crippen LogP contribution is 2.23. The van der Waals surface area contributed by atoms with Crippen molar-refractivity contribution < 1.29 is 19.1 Å². The summed E-state index contributed by atoms with van der Waals surface area (Å²) >= 11 is 0. The first kappa shape index (κ1) is 16.9. The molecule has 124 valence electrons. The molecule has 1 aliphatic heterocycles. The molecule has 0 saturated carbocycles. The SMILES string of the molecule is CCN(CC)c1ccc(NC=C2C(=O)OC(C)(C)OC2=O)cc1. The molecule has 0 unspecified atom stereocenters. The Bertz CT molecular complexity index is 594. The van der Waals surface area contributed by atoms with Gasteiger partial charge in [-0.2, -0.15) is 0 Å². The predicted molar refractivity (Wildman–Crippen MR) is 88.0 cm³/mol. The van der Waals surface area contributed by atoms with Crippen LogP contribution in [0, 0.1) is 0 Å². The fourth-order valence-corrected chi connectivity index (χ4v) is 2.29. The number of hydrogen-bond donors (Lipinski definition) is 1. The molecule has 2 rings (SSSR count). The van der Waals surface area contributed by atoms with E-state index in [1.54, 1.807) is 0 Å².